The Bertz CT molecular complexity index is 1040. The van der Waals surface area contributed by atoms with Crippen molar-refractivity contribution in [2.45, 2.75) is 18.4 Å². The van der Waals surface area contributed by atoms with Gasteiger partial charge in [-0.3, -0.25) is 4.79 Å². The third-order valence-electron chi connectivity index (χ3n) is 5.56. The van der Waals surface area contributed by atoms with Gasteiger partial charge in [0.2, 0.25) is 5.91 Å². The summed E-state index contributed by atoms with van der Waals surface area (Å²) >= 11 is 6.06. The van der Waals surface area contributed by atoms with Crippen LogP contribution < -0.4 is 15.5 Å². The van der Waals surface area contributed by atoms with Crippen molar-refractivity contribution < 1.29 is 4.79 Å². The molecule has 5 nitrogen and oxygen atoms in total. The second kappa shape index (κ2) is 6.13. The number of benzene rings is 2. The van der Waals surface area contributed by atoms with Crippen molar-refractivity contribution in [1.29, 1.82) is 0 Å². The van der Waals surface area contributed by atoms with Crippen LogP contribution in [0.25, 0.3) is 10.9 Å². The summed E-state index contributed by atoms with van der Waals surface area (Å²) in [6.07, 6.45) is 1.46. The van der Waals surface area contributed by atoms with Crippen molar-refractivity contribution in [3.8, 4) is 0 Å². The number of pyridine rings is 1. The van der Waals surface area contributed by atoms with E-state index in [1.807, 2.05) is 48.5 Å². The van der Waals surface area contributed by atoms with E-state index < -0.39 is 5.54 Å². The summed E-state index contributed by atoms with van der Waals surface area (Å²) < 4.78 is 0. The first-order valence-corrected chi connectivity index (χ1v) is 9.51. The third-order valence-corrected chi connectivity index (χ3v) is 5.80. The summed E-state index contributed by atoms with van der Waals surface area (Å²) in [5, 5.41) is 8.30. The summed E-state index contributed by atoms with van der Waals surface area (Å²) in [6, 6.07) is 17.7. The van der Waals surface area contributed by atoms with Gasteiger partial charge < -0.3 is 15.5 Å². The van der Waals surface area contributed by atoms with Gasteiger partial charge in [0, 0.05) is 23.5 Å². The van der Waals surface area contributed by atoms with Crippen LogP contribution in [0.3, 0.4) is 0 Å². The normalized spacial score (nSPS) is 18.1. The highest BCUT2D eigenvalue weighted by Gasteiger charge is 2.44. The number of carbonyl (C=O) groups is 1. The molecule has 5 rings (SSSR count). The van der Waals surface area contributed by atoms with Crippen molar-refractivity contribution in [1.82, 2.24) is 4.98 Å². The first-order chi connectivity index (χ1) is 13.1. The molecule has 0 bridgehead atoms. The Morgan fingerprint density at radius 2 is 1.78 bits per heavy atom. The maximum Gasteiger partial charge on any atom is 0.250 e. The average molecular weight is 379 g/mol. The first-order valence-electron chi connectivity index (χ1n) is 9.13. The van der Waals surface area contributed by atoms with E-state index in [1.165, 1.54) is 0 Å². The number of nitrogens with zero attached hydrogens (tertiary/aromatic N) is 2. The molecule has 0 unspecified atom stereocenters. The maximum atomic E-state index is 12.8. The third kappa shape index (κ3) is 2.79. The highest BCUT2D eigenvalue weighted by molar-refractivity contribution is 6.31. The van der Waals surface area contributed by atoms with E-state index in [0.717, 1.165) is 54.0 Å². The Labute approximate surface area is 162 Å². The standard InChI is InChI=1S/C21H19ClN4O/c22-15-6-7-16-14(13-15)5-8-19(23-16)26-11-9-21(10-12-26)20(27)24-17-3-1-2-4-18(17)25-21/h1-8,13,25H,9-12H2,(H,24,27). The number of rotatable bonds is 1. The Kier molecular flexibility index (Phi) is 3.72. The molecule has 2 N–H and O–H groups in total. The Morgan fingerprint density at radius 3 is 2.59 bits per heavy atom. The van der Waals surface area contributed by atoms with Crippen LogP contribution in [0.15, 0.2) is 54.6 Å². The maximum absolute atomic E-state index is 12.8. The predicted molar refractivity (Wildman–Crippen MR) is 110 cm³/mol. The monoisotopic (exact) mass is 378 g/mol. The van der Waals surface area contributed by atoms with Gasteiger partial charge in [0.05, 0.1) is 16.9 Å². The van der Waals surface area contributed by atoms with Crippen LogP contribution in [0.2, 0.25) is 5.02 Å². The largest absolute Gasteiger partial charge is 0.369 e. The molecule has 1 amide bonds. The molecule has 2 aliphatic rings. The van der Waals surface area contributed by atoms with Crippen molar-refractivity contribution in [2.24, 2.45) is 0 Å². The van der Waals surface area contributed by atoms with Gasteiger partial charge >= 0.3 is 0 Å². The number of carbonyl (C=O) groups excluding carboxylic acids is 1. The molecule has 1 aromatic heterocycles. The second-order valence-corrected chi connectivity index (χ2v) is 7.64. The molecule has 1 saturated heterocycles. The van der Waals surface area contributed by atoms with Crippen molar-refractivity contribution in [3.63, 3.8) is 0 Å². The minimum Gasteiger partial charge on any atom is -0.369 e. The van der Waals surface area contributed by atoms with Crippen molar-refractivity contribution >= 4 is 45.6 Å². The highest BCUT2D eigenvalue weighted by Crippen LogP contribution is 2.37. The van der Waals surface area contributed by atoms with Crippen LogP contribution in [0.1, 0.15) is 12.8 Å². The van der Waals surface area contributed by atoms with E-state index in [0.29, 0.717) is 5.02 Å². The fourth-order valence-corrected chi connectivity index (χ4v) is 4.17. The second-order valence-electron chi connectivity index (χ2n) is 7.20. The molecule has 2 aromatic carbocycles. The van der Waals surface area contributed by atoms with Crippen molar-refractivity contribution in [2.75, 3.05) is 28.6 Å². The van der Waals surface area contributed by atoms with E-state index in [9.17, 15) is 4.79 Å². The van der Waals surface area contributed by atoms with Gasteiger partial charge in [0.1, 0.15) is 11.4 Å². The fraction of sp³-hybridized carbons (Fsp3) is 0.238. The zero-order valence-corrected chi connectivity index (χ0v) is 15.5. The molecule has 2 aliphatic heterocycles. The number of hydrogen-bond acceptors (Lipinski definition) is 4. The van der Waals surface area contributed by atoms with E-state index in [2.05, 4.69) is 21.6 Å². The minimum absolute atomic E-state index is 0.0574. The van der Waals surface area contributed by atoms with Crippen LogP contribution in [0, 0.1) is 0 Å². The molecule has 3 aromatic rings. The Balaban J connectivity index is 1.37. The number of fused-ring (bicyclic) bond motifs is 2. The number of hydrogen-bond donors (Lipinski definition) is 2. The summed E-state index contributed by atoms with van der Waals surface area (Å²) in [5.74, 6) is 0.998. The van der Waals surface area contributed by atoms with Crippen LogP contribution >= 0.6 is 11.6 Å². The molecule has 1 spiro atoms. The lowest BCUT2D eigenvalue weighted by Crippen LogP contribution is -2.58. The molecule has 0 saturated carbocycles. The van der Waals surface area contributed by atoms with Crippen LogP contribution in [-0.2, 0) is 4.79 Å². The zero-order valence-electron chi connectivity index (χ0n) is 14.7. The van der Waals surface area contributed by atoms with Crippen LogP contribution in [0.4, 0.5) is 17.2 Å². The summed E-state index contributed by atoms with van der Waals surface area (Å²) in [4.78, 5) is 19.8. The molecule has 0 aliphatic carbocycles. The van der Waals surface area contributed by atoms with Gasteiger partial charge in [-0.25, -0.2) is 4.98 Å². The quantitative estimate of drug-likeness (QED) is 0.663. The van der Waals surface area contributed by atoms with Gasteiger partial charge in [-0.05, 0) is 55.3 Å². The molecule has 27 heavy (non-hydrogen) atoms. The topological polar surface area (TPSA) is 57.3 Å². The van der Waals surface area contributed by atoms with E-state index in [1.54, 1.807) is 0 Å². The van der Waals surface area contributed by atoms with E-state index in [-0.39, 0.29) is 5.91 Å². The smallest absolute Gasteiger partial charge is 0.250 e. The number of aromatic nitrogens is 1. The lowest BCUT2D eigenvalue weighted by molar-refractivity contribution is -0.121. The number of anilines is 3. The average Bonchev–Trinajstić information content (AvgIpc) is 2.69. The van der Waals surface area contributed by atoms with Crippen molar-refractivity contribution in [3.05, 3.63) is 59.6 Å². The number of piperidine rings is 1. The molecular weight excluding hydrogens is 360 g/mol. The number of nitrogens with one attached hydrogen (secondary N) is 2. The SMILES string of the molecule is O=C1Nc2ccccc2NC12CCN(c1ccc3cc(Cl)ccc3n1)CC2. The zero-order chi connectivity index (χ0) is 18.4. The van der Waals surface area contributed by atoms with Gasteiger partial charge in [-0.15, -0.1) is 0 Å². The van der Waals surface area contributed by atoms with E-state index >= 15 is 0 Å². The molecule has 3 heterocycles. The minimum atomic E-state index is -0.546. The number of amides is 1. The molecule has 0 atom stereocenters. The van der Waals surface area contributed by atoms with Gasteiger partial charge in [0.25, 0.3) is 0 Å². The van der Waals surface area contributed by atoms with E-state index in [4.69, 9.17) is 16.6 Å². The lowest BCUT2D eigenvalue weighted by Gasteiger charge is -2.44. The Hall–Kier alpha value is -2.79. The van der Waals surface area contributed by atoms with Crippen LogP contribution in [-0.4, -0.2) is 29.5 Å². The highest BCUT2D eigenvalue weighted by atomic mass is 35.5. The first kappa shape index (κ1) is 16.4. The van der Waals surface area contributed by atoms with Crippen LogP contribution in [0.5, 0.6) is 0 Å². The fourth-order valence-electron chi connectivity index (χ4n) is 3.99. The Morgan fingerprint density at radius 1 is 1.00 bits per heavy atom. The van der Waals surface area contributed by atoms with Gasteiger partial charge in [0.15, 0.2) is 0 Å². The molecule has 136 valence electrons. The van der Waals surface area contributed by atoms with Gasteiger partial charge in [-0.2, -0.15) is 0 Å². The summed E-state index contributed by atoms with van der Waals surface area (Å²) in [7, 11) is 0. The molecule has 6 heteroatoms. The number of halogens is 1. The number of para-hydroxylation sites is 2. The molecule has 0 radical (unpaired) electrons. The van der Waals surface area contributed by atoms with Gasteiger partial charge in [-0.1, -0.05) is 23.7 Å². The molecular formula is C21H19ClN4O. The summed E-state index contributed by atoms with van der Waals surface area (Å²) in [5.41, 5.74) is 2.23. The predicted octanol–water partition coefficient (Wildman–Crippen LogP) is 4.29. The molecule has 1 fully saturated rings. The summed E-state index contributed by atoms with van der Waals surface area (Å²) in [6.45, 7) is 1.55. The lowest BCUT2D eigenvalue weighted by atomic mass is 9.84.